The Labute approximate surface area is 107 Å². The molecule has 17 heavy (non-hydrogen) atoms. The van der Waals surface area contributed by atoms with Gasteiger partial charge in [0, 0.05) is 12.5 Å². The van der Waals surface area contributed by atoms with Gasteiger partial charge in [-0.15, -0.1) is 12.4 Å². The molecule has 0 saturated carbocycles. The monoisotopic (exact) mass is 261 g/mol. The number of benzene rings is 1. The van der Waals surface area contributed by atoms with E-state index in [0.29, 0.717) is 0 Å². The number of hydrogen-bond acceptors (Lipinski definition) is 1. The molecule has 2 rings (SSSR count). The third-order valence-electron chi connectivity index (χ3n) is 3.23. The summed E-state index contributed by atoms with van der Waals surface area (Å²) in [4.78, 5) is 0. The second kappa shape index (κ2) is 6.92. The largest absolute Gasteiger partial charge is 0.310 e. The van der Waals surface area contributed by atoms with Gasteiger partial charge in [-0.1, -0.05) is 30.3 Å². The van der Waals surface area contributed by atoms with E-state index in [1.54, 1.807) is 0 Å². The molecule has 0 bridgehead atoms. The molecule has 1 saturated heterocycles. The summed E-state index contributed by atoms with van der Waals surface area (Å²) in [6, 6.07) is 10.3. The molecule has 0 amide bonds. The highest BCUT2D eigenvalue weighted by Crippen LogP contribution is 2.30. The van der Waals surface area contributed by atoms with Gasteiger partial charge in [0.2, 0.25) is 6.43 Å². The number of hydrogen-bond donors (Lipinski definition) is 1. The quantitative estimate of drug-likeness (QED) is 0.873. The zero-order chi connectivity index (χ0) is 11.4. The SMILES string of the molecule is Cl.FC(F)CC1CCNC(c2ccccc2)C1. The van der Waals surface area contributed by atoms with E-state index in [0.717, 1.165) is 19.4 Å². The Morgan fingerprint density at radius 1 is 1.24 bits per heavy atom. The Hall–Kier alpha value is -0.670. The molecule has 1 aromatic carbocycles. The van der Waals surface area contributed by atoms with Crippen LogP contribution in [0.4, 0.5) is 8.78 Å². The lowest BCUT2D eigenvalue weighted by Crippen LogP contribution is -2.32. The van der Waals surface area contributed by atoms with Gasteiger partial charge < -0.3 is 5.32 Å². The summed E-state index contributed by atoms with van der Waals surface area (Å²) >= 11 is 0. The van der Waals surface area contributed by atoms with Crippen LogP contribution in [0.3, 0.4) is 0 Å². The molecule has 0 spiro atoms. The standard InChI is InChI=1S/C13H17F2N.ClH/c14-13(15)9-10-6-7-16-12(8-10)11-4-2-1-3-5-11;/h1-5,10,12-13,16H,6-9H2;1H. The normalized spacial score (nSPS) is 24.4. The molecule has 1 aliphatic heterocycles. The molecule has 2 unspecified atom stereocenters. The van der Waals surface area contributed by atoms with Crippen LogP contribution in [-0.4, -0.2) is 13.0 Å². The second-order valence-electron chi connectivity index (χ2n) is 4.43. The minimum absolute atomic E-state index is 0. The topological polar surface area (TPSA) is 12.0 Å². The van der Waals surface area contributed by atoms with Crippen LogP contribution in [0.15, 0.2) is 30.3 Å². The summed E-state index contributed by atoms with van der Waals surface area (Å²) < 4.78 is 24.7. The maximum Gasteiger partial charge on any atom is 0.238 e. The molecular formula is C13H18ClF2N. The predicted molar refractivity (Wildman–Crippen MR) is 67.8 cm³/mol. The number of nitrogens with one attached hydrogen (secondary N) is 1. The molecule has 0 radical (unpaired) electrons. The van der Waals surface area contributed by atoms with Crippen LogP contribution in [0.5, 0.6) is 0 Å². The fraction of sp³-hybridized carbons (Fsp3) is 0.538. The van der Waals surface area contributed by atoms with Gasteiger partial charge in [0.05, 0.1) is 0 Å². The Kier molecular flexibility index (Phi) is 5.86. The maximum absolute atomic E-state index is 12.3. The lowest BCUT2D eigenvalue weighted by molar-refractivity contribution is 0.100. The summed E-state index contributed by atoms with van der Waals surface area (Å²) in [5.74, 6) is 0.159. The van der Waals surface area contributed by atoms with E-state index in [-0.39, 0.29) is 30.8 Å². The van der Waals surface area contributed by atoms with Crippen LogP contribution in [0.2, 0.25) is 0 Å². The molecule has 1 aliphatic rings. The lowest BCUT2D eigenvalue weighted by Gasteiger charge is -2.30. The average molecular weight is 262 g/mol. The van der Waals surface area contributed by atoms with E-state index in [1.807, 2.05) is 18.2 Å². The van der Waals surface area contributed by atoms with Gasteiger partial charge in [-0.05, 0) is 30.9 Å². The zero-order valence-corrected chi connectivity index (χ0v) is 10.4. The molecule has 1 heterocycles. The highest BCUT2D eigenvalue weighted by atomic mass is 35.5. The van der Waals surface area contributed by atoms with Crippen molar-refractivity contribution in [3.8, 4) is 0 Å². The molecule has 1 nitrogen and oxygen atoms in total. The first-order valence-electron chi connectivity index (χ1n) is 5.82. The van der Waals surface area contributed by atoms with Crippen LogP contribution in [0.25, 0.3) is 0 Å². The van der Waals surface area contributed by atoms with Crippen LogP contribution in [0, 0.1) is 5.92 Å². The van der Waals surface area contributed by atoms with E-state index in [4.69, 9.17) is 0 Å². The van der Waals surface area contributed by atoms with Crippen molar-refractivity contribution in [2.75, 3.05) is 6.54 Å². The maximum atomic E-state index is 12.3. The van der Waals surface area contributed by atoms with Gasteiger partial charge >= 0.3 is 0 Å². The van der Waals surface area contributed by atoms with Gasteiger partial charge in [-0.2, -0.15) is 0 Å². The summed E-state index contributed by atoms with van der Waals surface area (Å²) in [6.07, 6.45) is -0.424. The number of piperidine rings is 1. The fourth-order valence-electron chi connectivity index (χ4n) is 2.40. The van der Waals surface area contributed by atoms with Crippen LogP contribution >= 0.6 is 12.4 Å². The Morgan fingerprint density at radius 3 is 2.59 bits per heavy atom. The Bertz CT molecular complexity index is 318. The van der Waals surface area contributed by atoms with Crippen molar-refractivity contribution in [3.05, 3.63) is 35.9 Å². The van der Waals surface area contributed by atoms with Crippen LogP contribution in [0.1, 0.15) is 30.9 Å². The molecule has 1 N–H and O–H groups in total. The van der Waals surface area contributed by atoms with E-state index in [2.05, 4.69) is 17.4 Å². The van der Waals surface area contributed by atoms with Crippen molar-refractivity contribution in [2.45, 2.75) is 31.7 Å². The van der Waals surface area contributed by atoms with Crippen LogP contribution in [-0.2, 0) is 0 Å². The molecule has 0 aliphatic carbocycles. The first kappa shape index (κ1) is 14.4. The second-order valence-corrected chi connectivity index (χ2v) is 4.43. The van der Waals surface area contributed by atoms with Gasteiger partial charge in [0.1, 0.15) is 0 Å². The van der Waals surface area contributed by atoms with Gasteiger partial charge in [-0.3, -0.25) is 0 Å². The van der Waals surface area contributed by atoms with E-state index in [1.165, 1.54) is 5.56 Å². The summed E-state index contributed by atoms with van der Waals surface area (Å²) in [6.45, 7) is 0.844. The Morgan fingerprint density at radius 2 is 1.94 bits per heavy atom. The summed E-state index contributed by atoms with van der Waals surface area (Å²) in [5, 5.41) is 3.39. The number of alkyl halides is 2. The molecular weight excluding hydrogens is 244 g/mol. The average Bonchev–Trinajstić information content (AvgIpc) is 2.30. The summed E-state index contributed by atoms with van der Waals surface area (Å²) in [5.41, 5.74) is 1.21. The highest BCUT2D eigenvalue weighted by Gasteiger charge is 2.24. The molecule has 1 fully saturated rings. The van der Waals surface area contributed by atoms with Crippen molar-refractivity contribution in [3.63, 3.8) is 0 Å². The van der Waals surface area contributed by atoms with Crippen molar-refractivity contribution < 1.29 is 8.78 Å². The van der Waals surface area contributed by atoms with E-state index >= 15 is 0 Å². The first-order valence-corrected chi connectivity index (χ1v) is 5.82. The Balaban J connectivity index is 0.00000144. The molecule has 1 aromatic rings. The summed E-state index contributed by atoms with van der Waals surface area (Å²) in [7, 11) is 0. The van der Waals surface area contributed by atoms with Crippen LogP contribution < -0.4 is 5.32 Å². The smallest absolute Gasteiger partial charge is 0.238 e. The predicted octanol–water partition coefficient (Wildman–Crippen LogP) is 3.80. The van der Waals surface area contributed by atoms with E-state index in [9.17, 15) is 8.78 Å². The minimum atomic E-state index is -2.17. The van der Waals surface area contributed by atoms with Crippen molar-refractivity contribution in [2.24, 2.45) is 5.92 Å². The number of halogens is 3. The first-order chi connectivity index (χ1) is 7.75. The third kappa shape index (κ3) is 4.25. The third-order valence-corrected chi connectivity index (χ3v) is 3.23. The van der Waals surface area contributed by atoms with Gasteiger partial charge in [-0.25, -0.2) is 8.78 Å². The minimum Gasteiger partial charge on any atom is -0.310 e. The number of rotatable bonds is 3. The van der Waals surface area contributed by atoms with Gasteiger partial charge in [0.25, 0.3) is 0 Å². The fourth-order valence-corrected chi connectivity index (χ4v) is 2.40. The van der Waals surface area contributed by atoms with Crippen molar-refractivity contribution in [1.29, 1.82) is 0 Å². The van der Waals surface area contributed by atoms with Gasteiger partial charge in [0.15, 0.2) is 0 Å². The molecule has 2 atom stereocenters. The van der Waals surface area contributed by atoms with Crippen molar-refractivity contribution >= 4 is 12.4 Å². The molecule has 0 aromatic heterocycles. The zero-order valence-electron chi connectivity index (χ0n) is 9.61. The highest BCUT2D eigenvalue weighted by molar-refractivity contribution is 5.85. The molecule has 4 heteroatoms. The molecule has 96 valence electrons. The van der Waals surface area contributed by atoms with E-state index < -0.39 is 6.43 Å². The van der Waals surface area contributed by atoms with Crippen molar-refractivity contribution in [1.82, 2.24) is 5.32 Å². The lowest BCUT2D eigenvalue weighted by atomic mass is 9.87.